The number of fused-ring (bicyclic) bond motifs is 1. The van der Waals surface area contributed by atoms with E-state index in [2.05, 4.69) is 0 Å². The van der Waals surface area contributed by atoms with Crippen LogP contribution < -0.4 is 5.73 Å². The van der Waals surface area contributed by atoms with Gasteiger partial charge in [-0.25, -0.2) is 4.39 Å². The number of rotatable bonds is 3. The lowest BCUT2D eigenvalue weighted by Gasteiger charge is -2.05. The number of nitrogens with two attached hydrogens (primary N) is 1. The Bertz CT molecular complexity index is 327. The second-order valence-electron chi connectivity index (χ2n) is 3.63. The third kappa shape index (κ3) is 2.10. The highest BCUT2D eigenvalue weighted by Crippen LogP contribution is 2.39. The van der Waals surface area contributed by atoms with Crippen molar-refractivity contribution in [2.45, 2.75) is 29.4 Å². The van der Waals surface area contributed by atoms with Crippen molar-refractivity contribution >= 4 is 11.8 Å². The second kappa shape index (κ2) is 4.32. The molecule has 2 N–H and O–H groups in total. The summed E-state index contributed by atoms with van der Waals surface area (Å²) in [5, 5.41) is 0.607. The van der Waals surface area contributed by atoms with Crippen LogP contribution in [-0.4, -0.2) is 11.8 Å². The molecule has 0 fully saturated rings. The minimum absolute atomic E-state index is 0.121. The highest BCUT2D eigenvalue weighted by Gasteiger charge is 2.21. The molecule has 1 aromatic rings. The quantitative estimate of drug-likeness (QED) is 0.831. The average Bonchev–Trinajstić information content (AvgIpc) is 2.56. The molecule has 0 radical (unpaired) electrons. The van der Waals surface area contributed by atoms with Gasteiger partial charge in [0.25, 0.3) is 0 Å². The SMILES string of the molecule is NCCCC1Cc2cc(F)ccc2S1. The molecule has 14 heavy (non-hydrogen) atoms. The van der Waals surface area contributed by atoms with Crippen LogP contribution in [-0.2, 0) is 6.42 Å². The van der Waals surface area contributed by atoms with E-state index in [0.717, 1.165) is 31.4 Å². The lowest BCUT2D eigenvalue weighted by Crippen LogP contribution is -2.05. The fourth-order valence-corrected chi connectivity index (χ4v) is 3.14. The molecule has 0 aromatic heterocycles. The fourth-order valence-electron chi connectivity index (χ4n) is 1.80. The van der Waals surface area contributed by atoms with Crippen LogP contribution in [0.25, 0.3) is 0 Å². The lowest BCUT2D eigenvalue weighted by atomic mass is 10.1. The van der Waals surface area contributed by atoms with E-state index in [9.17, 15) is 4.39 Å². The Morgan fingerprint density at radius 2 is 2.36 bits per heavy atom. The summed E-state index contributed by atoms with van der Waals surface area (Å²) in [4.78, 5) is 1.24. The second-order valence-corrected chi connectivity index (χ2v) is 4.97. The summed E-state index contributed by atoms with van der Waals surface area (Å²) in [7, 11) is 0. The van der Waals surface area contributed by atoms with Crippen LogP contribution in [0.3, 0.4) is 0 Å². The number of benzene rings is 1. The highest BCUT2D eigenvalue weighted by atomic mass is 32.2. The van der Waals surface area contributed by atoms with Crippen LogP contribution in [0.15, 0.2) is 23.1 Å². The van der Waals surface area contributed by atoms with Crippen LogP contribution in [0.1, 0.15) is 18.4 Å². The maximum atomic E-state index is 12.9. The lowest BCUT2D eigenvalue weighted by molar-refractivity contribution is 0.622. The van der Waals surface area contributed by atoms with Crippen LogP contribution in [0.2, 0.25) is 0 Å². The summed E-state index contributed by atoms with van der Waals surface area (Å²) in [6.45, 7) is 0.752. The summed E-state index contributed by atoms with van der Waals surface area (Å²) < 4.78 is 12.9. The molecular weight excluding hydrogens is 197 g/mol. The molecule has 3 heteroatoms. The van der Waals surface area contributed by atoms with Gasteiger partial charge in [0, 0.05) is 10.1 Å². The smallest absolute Gasteiger partial charge is 0.123 e. The first kappa shape index (κ1) is 9.99. The molecule has 0 saturated carbocycles. The number of thioether (sulfide) groups is 1. The molecule has 1 unspecified atom stereocenters. The van der Waals surface area contributed by atoms with E-state index in [1.165, 1.54) is 11.0 Å². The predicted octanol–water partition coefficient (Wildman–Crippen LogP) is 2.58. The molecule has 76 valence electrons. The van der Waals surface area contributed by atoms with E-state index < -0.39 is 0 Å². The van der Waals surface area contributed by atoms with Gasteiger partial charge in [-0.15, -0.1) is 11.8 Å². The largest absolute Gasteiger partial charge is 0.330 e. The summed E-state index contributed by atoms with van der Waals surface area (Å²) in [6.07, 6.45) is 3.20. The van der Waals surface area contributed by atoms with Gasteiger partial charge in [0.1, 0.15) is 5.82 Å². The van der Waals surface area contributed by atoms with E-state index in [-0.39, 0.29) is 5.82 Å². The van der Waals surface area contributed by atoms with E-state index in [0.29, 0.717) is 5.25 Å². The molecule has 1 aromatic carbocycles. The Morgan fingerprint density at radius 1 is 1.50 bits per heavy atom. The fraction of sp³-hybridized carbons (Fsp3) is 0.455. The van der Waals surface area contributed by atoms with Crippen LogP contribution >= 0.6 is 11.8 Å². The molecule has 1 atom stereocenters. The minimum atomic E-state index is -0.121. The van der Waals surface area contributed by atoms with Gasteiger partial charge in [-0.1, -0.05) is 0 Å². The molecule has 2 rings (SSSR count). The zero-order valence-electron chi connectivity index (χ0n) is 8.00. The van der Waals surface area contributed by atoms with Gasteiger partial charge >= 0.3 is 0 Å². The molecule has 1 aliphatic rings. The summed E-state index contributed by atoms with van der Waals surface area (Å²) in [6, 6.07) is 5.08. The van der Waals surface area contributed by atoms with E-state index in [4.69, 9.17) is 5.73 Å². The van der Waals surface area contributed by atoms with Crippen LogP contribution in [0.5, 0.6) is 0 Å². The molecule has 0 amide bonds. The molecule has 0 saturated heterocycles. The molecule has 1 nitrogen and oxygen atoms in total. The van der Waals surface area contributed by atoms with Gasteiger partial charge in [-0.2, -0.15) is 0 Å². The third-order valence-corrected chi connectivity index (χ3v) is 3.88. The Morgan fingerprint density at radius 3 is 3.14 bits per heavy atom. The van der Waals surface area contributed by atoms with E-state index in [1.54, 1.807) is 6.07 Å². The van der Waals surface area contributed by atoms with Gasteiger partial charge in [0.15, 0.2) is 0 Å². The molecule has 1 heterocycles. The van der Waals surface area contributed by atoms with Crippen molar-refractivity contribution in [2.75, 3.05) is 6.54 Å². The summed E-state index contributed by atoms with van der Waals surface area (Å²) in [5.74, 6) is -0.121. The predicted molar refractivity (Wildman–Crippen MR) is 58.0 cm³/mol. The Hall–Kier alpha value is -0.540. The first-order valence-electron chi connectivity index (χ1n) is 4.95. The van der Waals surface area contributed by atoms with Crippen molar-refractivity contribution < 1.29 is 4.39 Å². The number of hydrogen-bond acceptors (Lipinski definition) is 2. The maximum absolute atomic E-state index is 12.9. The molecular formula is C11H14FNS. The van der Waals surface area contributed by atoms with Crippen molar-refractivity contribution in [2.24, 2.45) is 5.73 Å². The van der Waals surface area contributed by atoms with Gasteiger partial charge in [-0.3, -0.25) is 0 Å². The highest BCUT2D eigenvalue weighted by molar-refractivity contribution is 8.00. The first-order chi connectivity index (χ1) is 6.79. The standard InChI is InChI=1S/C11H14FNS/c12-9-3-4-11-8(6-9)7-10(14-11)2-1-5-13/h3-4,6,10H,1-2,5,7,13H2. The zero-order chi connectivity index (χ0) is 9.97. The van der Waals surface area contributed by atoms with Gasteiger partial charge in [-0.05, 0) is 49.6 Å². The third-order valence-electron chi connectivity index (χ3n) is 2.49. The van der Waals surface area contributed by atoms with Crippen molar-refractivity contribution in [3.8, 4) is 0 Å². The molecule has 0 spiro atoms. The topological polar surface area (TPSA) is 26.0 Å². The maximum Gasteiger partial charge on any atom is 0.123 e. The van der Waals surface area contributed by atoms with E-state index >= 15 is 0 Å². The van der Waals surface area contributed by atoms with Crippen LogP contribution in [0.4, 0.5) is 4.39 Å². The average molecular weight is 211 g/mol. The molecule has 1 aliphatic heterocycles. The zero-order valence-corrected chi connectivity index (χ0v) is 8.82. The Kier molecular flexibility index (Phi) is 3.08. The van der Waals surface area contributed by atoms with Gasteiger partial charge in [0.2, 0.25) is 0 Å². The van der Waals surface area contributed by atoms with Crippen molar-refractivity contribution in [3.63, 3.8) is 0 Å². The molecule has 0 bridgehead atoms. The normalized spacial score (nSPS) is 19.7. The van der Waals surface area contributed by atoms with Gasteiger partial charge < -0.3 is 5.73 Å². The van der Waals surface area contributed by atoms with Crippen molar-refractivity contribution in [1.29, 1.82) is 0 Å². The van der Waals surface area contributed by atoms with Crippen molar-refractivity contribution in [1.82, 2.24) is 0 Å². The van der Waals surface area contributed by atoms with Gasteiger partial charge in [0.05, 0.1) is 0 Å². The number of halogens is 1. The van der Waals surface area contributed by atoms with E-state index in [1.807, 2.05) is 17.8 Å². The van der Waals surface area contributed by atoms with Crippen LogP contribution in [0, 0.1) is 5.82 Å². The first-order valence-corrected chi connectivity index (χ1v) is 5.82. The minimum Gasteiger partial charge on any atom is -0.330 e. The van der Waals surface area contributed by atoms with Crippen molar-refractivity contribution in [3.05, 3.63) is 29.6 Å². The molecule has 0 aliphatic carbocycles. The Balaban J connectivity index is 2.03. The number of hydrogen-bond donors (Lipinski definition) is 1. The summed E-state index contributed by atoms with van der Waals surface area (Å²) in [5.41, 5.74) is 6.63. The Labute approximate surface area is 87.9 Å². The monoisotopic (exact) mass is 211 g/mol. The summed E-state index contributed by atoms with van der Waals surface area (Å²) >= 11 is 1.86.